The molecule has 3 rings (SSSR count). The van der Waals surface area contributed by atoms with Crippen molar-refractivity contribution in [1.29, 1.82) is 21.2 Å². The molecule has 0 aromatic rings. The van der Waals surface area contributed by atoms with Gasteiger partial charge in [0.1, 0.15) is 0 Å². The van der Waals surface area contributed by atoms with E-state index in [4.69, 9.17) is 14.9 Å². The van der Waals surface area contributed by atoms with Crippen molar-refractivity contribution in [3.8, 4) is 18.2 Å². The van der Waals surface area contributed by atoms with E-state index in [1.54, 1.807) is 0 Å². The van der Waals surface area contributed by atoms with Gasteiger partial charge in [-0.3, -0.25) is 5.41 Å². The van der Waals surface area contributed by atoms with Crippen LogP contribution in [-0.2, 0) is 9.47 Å². The molecule has 6 nitrogen and oxygen atoms in total. The summed E-state index contributed by atoms with van der Waals surface area (Å²) in [6.07, 6.45) is 4.05. The lowest BCUT2D eigenvalue weighted by molar-refractivity contribution is -0.249. The van der Waals surface area contributed by atoms with Gasteiger partial charge in [0.05, 0.1) is 30.7 Å². The minimum absolute atomic E-state index is 0.174. The zero-order chi connectivity index (χ0) is 14.4. The Balaban J connectivity index is 2.23. The molecular weight excluding hydrogens is 256 g/mol. The Labute approximate surface area is 117 Å². The number of nitrogens with one attached hydrogen (secondary N) is 1. The van der Waals surface area contributed by atoms with Gasteiger partial charge in [0.15, 0.2) is 10.8 Å². The second-order valence-electron chi connectivity index (χ2n) is 5.73. The second-order valence-corrected chi connectivity index (χ2v) is 5.73. The van der Waals surface area contributed by atoms with E-state index < -0.39 is 22.5 Å². The molecule has 2 bridgehead atoms. The molecule has 2 aliphatic heterocycles. The third-order valence-electron chi connectivity index (χ3n) is 4.97. The smallest absolute Gasteiger partial charge is 0.217 e. The van der Waals surface area contributed by atoms with Crippen LogP contribution in [0.3, 0.4) is 0 Å². The van der Waals surface area contributed by atoms with Crippen LogP contribution in [0.2, 0.25) is 0 Å². The Morgan fingerprint density at radius 1 is 1.10 bits per heavy atom. The van der Waals surface area contributed by atoms with E-state index in [0.717, 1.165) is 19.3 Å². The molecule has 0 radical (unpaired) electrons. The average molecular weight is 270 g/mol. The fourth-order valence-corrected chi connectivity index (χ4v) is 3.90. The lowest BCUT2D eigenvalue weighted by Gasteiger charge is -2.44. The van der Waals surface area contributed by atoms with E-state index in [-0.39, 0.29) is 12.5 Å². The molecule has 0 aromatic heterocycles. The fraction of sp³-hybridized carbons (Fsp3) is 0.714. The van der Waals surface area contributed by atoms with Crippen molar-refractivity contribution >= 4 is 5.90 Å². The molecule has 1 N–H and O–H groups in total. The van der Waals surface area contributed by atoms with Gasteiger partial charge in [-0.25, -0.2) is 0 Å². The Morgan fingerprint density at radius 3 is 2.50 bits per heavy atom. The van der Waals surface area contributed by atoms with Crippen LogP contribution in [-0.4, -0.2) is 18.3 Å². The number of hydrogen-bond acceptors (Lipinski definition) is 6. The van der Waals surface area contributed by atoms with Gasteiger partial charge in [0.25, 0.3) is 0 Å². The summed E-state index contributed by atoms with van der Waals surface area (Å²) < 4.78 is 11.4. The summed E-state index contributed by atoms with van der Waals surface area (Å²) in [4.78, 5) is 0. The van der Waals surface area contributed by atoms with Crippen molar-refractivity contribution in [2.45, 2.75) is 37.9 Å². The zero-order valence-electron chi connectivity index (χ0n) is 11.0. The van der Waals surface area contributed by atoms with Crippen molar-refractivity contribution in [3.63, 3.8) is 0 Å². The number of ether oxygens (including phenoxy) is 2. The quantitative estimate of drug-likeness (QED) is 0.721. The lowest BCUT2D eigenvalue weighted by atomic mass is 9.56. The lowest BCUT2D eigenvalue weighted by Crippen LogP contribution is -2.58. The molecule has 3 aliphatic rings. The first-order chi connectivity index (χ1) is 9.61. The van der Waals surface area contributed by atoms with E-state index in [1.165, 1.54) is 0 Å². The van der Waals surface area contributed by atoms with Crippen molar-refractivity contribution in [2.24, 2.45) is 16.7 Å². The fourth-order valence-electron chi connectivity index (χ4n) is 3.90. The Morgan fingerprint density at radius 2 is 1.85 bits per heavy atom. The molecule has 3 atom stereocenters. The van der Waals surface area contributed by atoms with Crippen LogP contribution in [0.15, 0.2) is 0 Å². The van der Waals surface area contributed by atoms with Gasteiger partial charge >= 0.3 is 0 Å². The normalized spacial score (nSPS) is 41.2. The summed E-state index contributed by atoms with van der Waals surface area (Å²) in [5, 5.41) is 36.8. The molecule has 0 unspecified atom stereocenters. The maximum atomic E-state index is 9.74. The largest absolute Gasteiger partial charge is 0.447 e. The molecule has 1 aliphatic carbocycles. The maximum Gasteiger partial charge on any atom is 0.217 e. The van der Waals surface area contributed by atoms with Crippen LogP contribution in [0, 0.1) is 56.2 Å². The molecule has 3 fully saturated rings. The first-order valence-electron chi connectivity index (χ1n) is 6.76. The Hall–Kier alpha value is -2.10. The summed E-state index contributed by atoms with van der Waals surface area (Å²) >= 11 is 0. The van der Waals surface area contributed by atoms with Crippen molar-refractivity contribution in [1.82, 2.24) is 0 Å². The van der Waals surface area contributed by atoms with Crippen molar-refractivity contribution in [3.05, 3.63) is 0 Å². The van der Waals surface area contributed by atoms with Crippen molar-refractivity contribution < 1.29 is 9.47 Å². The number of hydrogen-bond donors (Lipinski definition) is 1. The summed E-state index contributed by atoms with van der Waals surface area (Å²) in [6, 6.07) is 5.97. The molecule has 102 valence electrons. The van der Waals surface area contributed by atoms with Gasteiger partial charge in [-0.05, 0) is 12.8 Å². The number of nitriles is 3. The van der Waals surface area contributed by atoms with E-state index in [1.807, 2.05) is 12.1 Å². The van der Waals surface area contributed by atoms with Crippen LogP contribution in [0.25, 0.3) is 0 Å². The molecule has 0 aromatic carbocycles. The second kappa shape index (κ2) is 3.95. The molecule has 2 heterocycles. The van der Waals surface area contributed by atoms with Gasteiger partial charge < -0.3 is 9.47 Å². The zero-order valence-corrected chi connectivity index (χ0v) is 11.0. The van der Waals surface area contributed by atoms with Gasteiger partial charge in [-0.15, -0.1) is 0 Å². The van der Waals surface area contributed by atoms with Crippen LogP contribution in [0.5, 0.6) is 0 Å². The third-order valence-corrected chi connectivity index (χ3v) is 4.97. The molecule has 2 saturated heterocycles. The highest BCUT2D eigenvalue weighted by atomic mass is 16.7. The summed E-state index contributed by atoms with van der Waals surface area (Å²) in [5.74, 6) is -1.67. The highest BCUT2D eigenvalue weighted by Crippen LogP contribution is 2.63. The van der Waals surface area contributed by atoms with E-state index >= 15 is 0 Å². The van der Waals surface area contributed by atoms with E-state index in [0.29, 0.717) is 12.8 Å². The Kier molecular flexibility index (Phi) is 2.55. The molecular formula is C14H14N4O2. The highest BCUT2D eigenvalue weighted by Gasteiger charge is 2.76. The van der Waals surface area contributed by atoms with E-state index in [9.17, 15) is 15.8 Å². The van der Waals surface area contributed by atoms with E-state index in [2.05, 4.69) is 6.07 Å². The first kappa shape index (κ1) is 12.9. The van der Waals surface area contributed by atoms with Crippen molar-refractivity contribution in [2.75, 3.05) is 6.61 Å². The predicted octanol–water partition coefficient (Wildman–Crippen LogP) is 1.84. The molecule has 6 heteroatoms. The average Bonchev–Trinajstić information content (AvgIpc) is 2.63. The molecule has 0 spiro atoms. The highest BCUT2D eigenvalue weighted by molar-refractivity contribution is 5.88. The minimum Gasteiger partial charge on any atom is -0.447 e. The number of rotatable bonds is 0. The molecule has 1 saturated carbocycles. The molecule has 20 heavy (non-hydrogen) atoms. The predicted molar refractivity (Wildman–Crippen MR) is 65.8 cm³/mol. The van der Waals surface area contributed by atoms with Crippen LogP contribution < -0.4 is 0 Å². The Bertz CT molecular complexity index is 582. The topological polar surface area (TPSA) is 114 Å². The number of nitrogens with zero attached hydrogens (tertiary/aromatic N) is 3. The molecule has 0 amide bonds. The standard InChI is InChI=1S/C14H14N4O2/c15-6-12(7-16)9-19-14-5-3-1-2-4-10(14)13(12,8-17)11(18)20-14/h10,18H,1-5,9H2/t10-,13+,14+/m1/s1. The minimum atomic E-state index is -1.66. The van der Waals surface area contributed by atoms with Crippen LogP contribution in [0.1, 0.15) is 32.1 Å². The van der Waals surface area contributed by atoms with Crippen LogP contribution >= 0.6 is 0 Å². The summed E-state index contributed by atoms with van der Waals surface area (Å²) in [5.41, 5.74) is -3.16. The maximum absolute atomic E-state index is 9.74. The van der Waals surface area contributed by atoms with Gasteiger partial charge in [-0.2, -0.15) is 15.8 Å². The SMILES string of the molecule is N#CC1(C#N)CO[C@]23CCCCC[C@@H]2[C@@]1(C#N)C(=N)O3. The first-order valence-corrected chi connectivity index (χ1v) is 6.76. The monoisotopic (exact) mass is 270 g/mol. The van der Waals surface area contributed by atoms with Gasteiger partial charge in [-0.1, -0.05) is 12.8 Å². The van der Waals surface area contributed by atoms with Gasteiger partial charge in [0.2, 0.25) is 11.7 Å². The third kappa shape index (κ3) is 1.17. The van der Waals surface area contributed by atoms with Crippen LogP contribution in [0.4, 0.5) is 0 Å². The summed E-state index contributed by atoms with van der Waals surface area (Å²) in [6.45, 7) is -0.174. The van der Waals surface area contributed by atoms with Gasteiger partial charge in [0, 0.05) is 6.42 Å². The summed E-state index contributed by atoms with van der Waals surface area (Å²) in [7, 11) is 0.